The third-order valence-electron chi connectivity index (χ3n) is 5.33. The number of para-hydroxylation sites is 1. The molecule has 0 aliphatic heterocycles. The maximum Gasteiger partial charge on any atom is 0.255 e. The van der Waals surface area contributed by atoms with Gasteiger partial charge in [0, 0.05) is 22.8 Å². The molecule has 0 aromatic heterocycles. The summed E-state index contributed by atoms with van der Waals surface area (Å²) in [5.74, 6) is 0.379. The van der Waals surface area contributed by atoms with Crippen LogP contribution in [0.3, 0.4) is 0 Å². The molecule has 5 heteroatoms. The number of anilines is 1. The minimum absolute atomic E-state index is 0.208. The number of rotatable bonds is 9. The van der Waals surface area contributed by atoms with Crippen LogP contribution in [0.1, 0.15) is 31.8 Å². The first-order valence-corrected chi connectivity index (χ1v) is 12.2. The fourth-order valence-electron chi connectivity index (χ4n) is 3.48. The Morgan fingerprint density at radius 2 is 1.29 bits per heavy atom. The lowest BCUT2D eigenvalue weighted by atomic mass is 10.1. The van der Waals surface area contributed by atoms with Gasteiger partial charge in [-0.05, 0) is 53.9 Å². The first kappa shape index (κ1) is 23.3. The molecule has 4 rings (SSSR count). The van der Waals surface area contributed by atoms with Crippen LogP contribution in [0.5, 0.6) is 0 Å². The molecular weight excluding hydrogens is 440 g/mol. The van der Waals surface area contributed by atoms with Gasteiger partial charge in [0.05, 0.1) is 11.3 Å². The molecular formula is C29H26N2O2S. The molecule has 2 N–H and O–H groups in total. The van der Waals surface area contributed by atoms with Gasteiger partial charge in [0.25, 0.3) is 11.8 Å². The number of benzene rings is 4. The summed E-state index contributed by atoms with van der Waals surface area (Å²) in [7, 11) is 0. The molecule has 2 amide bonds. The Morgan fingerprint density at radius 3 is 2.03 bits per heavy atom. The lowest BCUT2D eigenvalue weighted by Crippen LogP contribution is -2.27. The molecule has 0 atom stereocenters. The van der Waals surface area contributed by atoms with Gasteiger partial charge < -0.3 is 10.6 Å². The van der Waals surface area contributed by atoms with E-state index < -0.39 is 0 Å². The van der Waals surface area contributed by atoms with Crippen molar-refractivity contribution in [2.75, 3.05) is 11.9 Å². The molecule has 4 aromatic carbocycles. The zero-order valence-electron chi connectivity index (χ0n) is 18.7. The maximum absolute atomic E-state index is 12.8. The quantitative estimate of drug-likeness (QED) is 0.289. The maximum atomic E-state index is 12.8. The van der Waals surface area contributed by atoms with Gasteiger partial charge in [-0.2, -0.15) is 0 Å². The highest BCUT2D eigenvalue weighted by Crippen LogP contribution is 2.23. The molecule has 0 saturated heterocycles. The molecule has 0 radical (unpaired) electrons. The van der Waals surface area contributed by atoms with E-state index in [2.05, 4.69) is 22.8 Å². The predicted molar refractivity (Wildman–Crippen MR) is 139 cm³/mol. The van der Waals surface area contributed by atoms with Gasteiger partial charge in [0.1, 0.15) is 0 Å². The second-order valence-corrected chi connectivity index (χ2v) is 8.84. The third-order valence-corrected chi connectivity index (χ3v) is 6.41. The van der Waals surface area contributed by atoms with Crippen molar-refractivity contribution in [1.29, 1.82) is 0 Å². The highest BCUT2D eigenvalue weighted by atomic mass is 32.2. The summed E-state index contributed by atoms with van der Waals surface area (Å²) in [6.45, 7) is 0.521. The lowest BCUT2D eigenvalue weighted by molar-refractivity contribution is 0.0955. The van der Waals surface area contributed by atoms with Crippen LogP contribution in [0.15, 0.2) is 114 Å². The molecule has 0 spiro atoms. The molecule has 4 nitrogen and oxygen atoms in total. The van der Waals surface area contributed by atoms with Gasteiger partial charge in [-0.1, -0.05) is 72.8 Å². The molecule has 4 aromatic rings. The zero-order valence-corrected chi connectivity index (χ0v) is 19.6. The molecule has 170 valence electrons. The molecule has 0 aliphatic carbocycles. The second kappa shape index (κ2) is 11.9. The van der Waals surface area contributed by atoms with Crippen molar-refractivity contribution >= 4 is 29.3 Å². The van der Waals surface area contributed by atoms with E-state index in [1.165, 1.54) is 4.90 Å². The highest BCUT2D eigenvalue weighted by molar-refractivity contribution is 7.98. The Hall–Kier alpha value is -3.83. The van der Waals surface area contributed by atoms with Crippen molar-refractivity contribution in [1.82, 2.24) is 5.32 Å². The van der Waals surface area contributed by atoms with Crippen molar-refractivity contribution < 1.29 is 9.59 Å². The van der Waals surface area contributed by atoms with E-state index in [4.69, 9.17) is 0 Å². The third kappa shape index (κ3) is 6.59. The van der Waals surface area contributed by atoms with E-state index in [0.717, 1.165) is 23.3 Å². The molecule has 34 heavy (non-hydrogen) atoms. The normalized spacial score (nSPS) is 10.5. The fraction of sp³-hybridized carbons (Fsp3) is 0.103. The van der Waals surface area contributed by atoms with Crippen LogP contribution in [0, 0.1) is 0 Å². The van der Waals surface area contributed by atoms with E-state index in [-0.39, 0.29) is 11.8 Å². The van der Waals surface area contributed by atoms with Crippen LogP contribution < -0.4 is 10.6 Å². The average molecular weight is 467 g/mol. The fourth-order valence-corrected chi connectivity index (χ4v) is 4.36. The number of carbonyl (C=O) groups is 2. The number of hydrogen-bond donors (Lipinski definition) is 2. The summed E-state index contributed by atoms with van der Waals surface area (Å²) in [5.41, 5.74) is 3.79. The van der Waals surface area contributed by atoms with Crippen molar-refractivity contribution in [3.05, 3.63) is 131 Å². The molecule has 0 saturated carbocycles. The van der Waals surface area contributed by atoms with Gasteiger partial charge in [0.2, 0.25) is 0 Å². The molecule has 0 heterocycles. The van der Waals surface area contributed by atoms with Crippen molar-refractivity contribution in [2.24, 2.45) is 0 Å². The van der Waals surface area contributed by atoms with E-state index in [0.29, 0.717) is 23.4 Å². The van der Waals surface area contributed by atoms with Crippen LogP contribution >= 0.6 is 11.8 Å². The van der Waals surface area contributed by atoms with Gasteiger partial charge in [0.15, 0.2) is 0 Å². The summed E-state index contributed by atoms with van der Waals surface area (Å²) in [5, 5.41) is 5.83. The monoisotopic (exact) mass is 466 g/mol. The van der Waals surface area contributed by atoms with Crippen molar-refractivity contribution in [3.8, 4) is 0 Å². The van der Waals surface area contributed by atoms with Gasteiger partial charge in [-0.25, -0.2) is 0 Å². The minimum atomic E-state index is -0.244. The van der Waals surface area contributed by atoms with E-state index in [9.17, 15) is 9.59 Å². The molecule has 0 fully saturated rings. The summed E-state index contributed by atoms with van der Waals surface area (Å²) >= 11 is 1.76. The van der Waals surface area contributed by atoms with Crippen molar-refractivity contribution in [2.45, 2.75) is 17.1 Å². The smallest absolute Gasteiger partial charge is 0.255 e. The summed E-state index contributed by atoms with van der Waals surface area (Å²) in [4.78, 5) is 26.8. The van der Waals surface area contributed by atoms with Crippen LogP contribution in [-0.2, 0) is 12.2 Å². The van der Waals surface area contributed by atoms with Crippen LogP contribution in [0.2, 0.25) is 0 Å². The Labute approximate surface area is 204 Å². The highest BCUT2D eigenvalue weighted by Gasteiger charge is 2.14. The molecule has 0 aliphatic rings. The Balaban J connectivity index is 1.34. The average Bonchev–Trinajstić information content (AvgIpc) is 2.89. The lowest BCUT2D eigenvalue weighted by Gasteiger charge is -2.12. The minimum Gasteiger partial charge on any atom is -0.352 e. The zero-order chi connectivity index (χ0) is 23.6. The largest absolute Gasteiger partial charge is 0.352 e. The number of hydrogen-bond acceptors (Lipinski definition) is 3. The number of carbonyl (C=O) groups excluding carboxylic acids is 2. The Morgan fingerprint density at radius 1 is 0.647 bits per heavy atom. The van der Waals surface area contributed by atoms with E-state index in [1.807, 2.05) is 72.8 Å². The summed E-state index contributed by atoms with van der Waals surface area (Å²) in [6.07, 6.45) is 0.746. The summed E-state index contributed by atoms with van der Waals surface area (Å²) in [6, 6.07) is 34.9. The van der Waals surface area contributed by atoms with Crippen LogP contribution in [-0.4, -0.2) is 18.4 Å². The van der Waals surface area contributed by atoms with Gasteiger partial charge in [-0.15, -0.1) is 11.8 Å². The standard InChI is InChI=1S/C29H26N2O2S/c32-28(24-17-15-23(16-18-24)21-34-25-11-5-2-6-12-25)31-27-14-8-7-13-26(27)29(33)30-20-19-22-9-3-1-4-10-22/h1-18H,19-21H2,(H,30,33)(H,31,32). The molecule has 0 unspecified atom stereocenters. The van der Waals surface area contributed by atoms with Crippen molar-refractivity contribution in [3.63, 3.8) is 0 Å². The molecule has 0 bridgehead atoms. The Bertz CT molecular complexity index is 1230. The number of thioether (sulfide) groups is 1. The first-order chi connectivity index (χ1) is 16.7. The summed E-state index contributed by atoms with van der Waals surface area (Å²) < 4.78 is 0. The SMILES string of the molecule is O=C(Nc1ccccc1C(=O)NCCc1ccccc1)c1ccc(CSc2ccccc2)cc1. The number of nitrogens with one attached hydrogen (secondary N) is 2. The van der Waals surface area contributed by atoms with Crippen LogP contribution in [0.25, 0.3) is 0 Å². The topological polar surface area (TPSA) is 58.2 Å². The van der Waals surface area contributed by atoms with Crippen LogP contribution in [0.4, 0.5) is 5.69 Å². The number of amides is 2. The van der Waals surface area contributed by atoms with Gasteiger partial charge in [-0.3, -0.25) is 9.59 Å². The van der Waals surface area contributed by atoms with Gasteiger partial charge >= 0.3 is 0 Å². The van der Waals surface area contributed by atoms with E-state index >= 15 is 0 Å². The second-order valence-electron chi connectivity index (χ2n) is 7.79. The van der Waals surface area contributed by atoms with E-state index in [1.54, 1.807) is 36.0 Å². The first-order valence-electron chi connectivity index (χ1n) is 11.2. The predicted octanol–water partition coefficient (Wildman–Crippen LogP) is 6.20. The Kier molecular flexibility index (Phi) is 8.14.